The van der Waals surface area contributed by atoms with Crippen molar-refractivity contribution in [3.05, 3.63) is 35.4 Å². The Kier molecular flexibility index (Phi) is 9.13. The summed E-state index contributed by atoms with van der Waals surface area (Å²) in [5, 5.41) is 9.46. The van der Waals surface area contributed by atoms with Crippen LogP contribution in [0.1, 0.15) is 31.7 Å². The van der Waals surface area contributed by atoms with Crippen LogP contribution in [0.3, 0.4) is 0 Å². The summed E-state index contributed by atoms with van der Waals surface area (Å²) in [6.07, 6.45) is 3.23. The van der Waals surface area contributed by atoms with Gasteiger partial charge in [0.25, 0.3) is 0 Å². The lowest BCUT2D eigenvalue weighted by atomic mass is 10.1. The molecule has 1 saturated heterocycles. The summed E-state index contributed by atoms with van der Waals surface area (Å²) in [6, 6.07) is 3.92. The number of nitrogens with one attached hydrogen (secondary N) is 3. The largest absolute Gasteiger partial charge is 0.356 e. The van der Waals surface area contributed by atoms with Crippen LogP contribution in [0.15, 0.2) is 23.2 Å². The molecule has 1 heterocycles. The van der Waals surface area contributed by atoms with Gasteiger partial charge in [-0.25, -0.2) is 8.78 Å². The summed E-state index contributed by atoms with van der Waals surface area (Å²) in [7, 11) is 1.70. The fraction of sp³-hybridized carbons (Fsp3) is 0.600. The molecule has 1 amide bonds. The quantitative estimate of drug-likeness (QED) is 0.463. The number of nitrogens with zero attached hydrogens (tertiary/aromatic N) is 2. The SMILES string of the molecule is CCCNC(=O)CN1CCC(NC(=NC)NCCc2ccc(F)cc2F)CC1. The highest BCUT2D eigenvalue weighted by Crippen LogP contribution is 2.11. The molecule has 0 atom stereocenters. The number of amides is 1. The zero-order valence-corrected chi connectivity index (χ0v) is 16.7. The van der Waals surface area contributed by atoms with Crippen LogP contribution < -0.4 is 16.0 Å². The van der Waals surface area contributed by atoms with Gasteiger partial charge >= 0.3 is 0 Å². The summed E-state index contributed by atoms with van der Waals surface area (Å²) < 4.78 is 26.6. The monoisotopic (exact) mass is 395 g/mol. The number of rotatable bonds is 8. The maximum Gasteiger partial charge on any atom is 0.234 e. The van der Waals surface area contributed by atoms with Gasteiger partial charge in [0.1, 0.15) is 11.6 Å². The van der Waals surface area contributed by atoms with E-state index in [1.165, 1.54) is 12.1 Å². The van der Waals surface area contributed by atoms with Crippen molar-refractivity contribution in [2.75, 3.05) is 39.8 Å². The lowest BCUT2D eigenvalue weighted by Crippen LogP contribution is -2.50. The van der Waals surface area contributed by atoms with Crippen LogP contribution in [0, 0.1) is 11.6 Å². The van der Waals surface area contributed by atoms with Crippen molar-refractivity contribution < 1.29 is 13.6 Å². The number of piperidine rings is 1. The van der Waals surface area contributed by atoms with E-state index in [1.54, 1.807) is 7.05 Å². The van der Waals surface area contributed by atoms with Crippen molar-refractivity contribution in [2.24, 2.45) is 4.99 Å². The molecular weight excluding hydrogens is 364 g/mol. The van der Waals surface area contributed by atoms with Crippen LogP contribution in [-0.4, -0.2) is 62.6 Å². The number of carbonyl (C=O) groups excluding carboxylic acids is 1. The minimum atomic E-state index is -0.569. The van der Waals surface area contributed by atoms with E-state index >= 15 is 0 Å². The standard InChI is InChI=1S/C20H31F2N5O/c1-3-9-24-19(28)14-27-11-7-17(8-12-27)26-20(23-2)25-10-6-15-4-5-16(21)13-18(15)22/h4-5,13,17H,3,6-12,14H2,1-2H3,(H,24,28)(H2,23,25,26). The van der Waals surface area contributed by atoms with E-state index in [4.69, 9.17) is 0 Å². The summed E-state index contributed by atoms with van der Waals surface area (Å²) in [5.74, 6) is -0.346. The lowest BCUT2D eigenvalue weighted by Gasteiger charge is -2.32. The van der Waals surface area contributed by atoms with Crippen LogP contribution in [0.25, 0.3) is 0 Å². The molecule has 8 heteroatoms. The first kappa shape index (κ1) is 22.1. The molecule has 0 bridgehead atoms. The Morgan fingerprint density at radius 3 is 2.61 bits per heavy atom. The summed E-state index contributed by atoms with van der Waals surface area (Å²) >= 11 is 0. The second-order valence-corrected chi connectivity index (χ2v) is 7.03. The van der Waals surface area contributed by atoms with Gasteiger partial charge in [0.05, 0.1) is 6.54 Å². The van der Waals surface area contributed by atoms with Gasteiger partial charge in [0.15, 0.2) is 5.96 Å². The summed E-state index contributed by atoms with van der Waals surface area (Å²) in [5.41, 5.74) is 0.471. The van der Waals surface area contributed by atoms with Gasteiger partial charge in [-0.15, -0.1) is 0 Å². The zero-order valence-electron chi connectivity index (χ0n) is 16.7. The third-order valence-corrected chi connectivity index (χ3v) is 4.79. The molecule has 1 aliphatic heterocycles. The first-order valence-corrected chi connectivity index (χ1v) is 9.92. The molecule has 0 spiro atoms. The van der Waals surface area contributed by atoms with Gasteiger partial charge in [-0.05, 0) is 37.3 Å². The smallest absolute Gasteiger partial charge is 0.234 e. The molecule has 1 aromatic rings. The van der Waals surface area contributed by atoms with Gasteiger partial charge in [0, 0.05) is 45.3 Å². The predicted molar refractivity (Wildman–Crippen MR) is 107 cm³/mol. The Morgan fingerprint density at radius 2 is 1.96 bits per heavy atom. The average molecular weight is 395 g/mol. The number of benzene rings is 1. The molecule has 0 unspecified atom stereocenters. The molecule has 0 radical (unpaired) electrons. The Balaban J connectivity index is 1.68. The molecule has 3 N–H and O–H groups in total. The van der Waals surface area contributed by atoms with Gasteiger partial charge < -0.3 is 16.0 Å². The number of hydrogen-bond donors (Lipinski definition) is 3. The molecule has 0 aromatic heterocycles. The molecular formula is C20H31F2N5O. The minimum Gasteiger partial charge on any atom is -0.356 e. The molecule has 1 fully saturated rings. The molecule has 0 saturated carbocycles. The van der Waals surface area contributed by atoms with Gasteiger partial charge in [0.2, 0.25) is 5.91 Å². The molecule has 156 valence electrons. The third-order valence-electron chi connectivity index (χ3n) is 4.79. The van der Waals surface area contributed by atoms with Gasteiger partial charge in [-0.2, -0.15) is 0 Å². The number of guanidine groups is 1. The predicted octanol–water partition coefficient (Wildman–Crippen LogP) is 1.66. The molecule has 1 aromatic carbocycles. The van der Waals surface area contributed by atoms with E-state index in [0.29, 0.717) is 31.0 Å². The van der Waals surface area contributed by atoms with Crippen molar-refractivity contribution in [1.82, 2.24) is 20.9 Å². The molecule has 1 aliphatic rings. The first-order valence-electron chi connectivity index (χ1n) is 9.92. The van der Waals surface area contributed by atoms with E-state index in [9.17, 15) is 13.6 Å². The zero-order chi connectivity index (χ0) is 20.4. The maximum atomic E-state index is 13.7. The third kappa shape index (κ3) is 7.42. The van der Waals surface area contributed by atoms with Gasteiger partial charge in [-0.3, -0.25) is 14.7 Å². The average Bonchev–Trinajstić information content (AvgIpc) is 2.68. The summed E-state index contributed by atoms with van der Waals surface area (Å²) in [6.45, 7) is 5.42. The fourth-order valence-corrected chi connectivity index (χ4v) is 3.19. The highest BCUT2D eigenvalue weighted by Gasteiger charge is 2.21. The van der Waals surface area contributed by atoms with Crippen LogP contribution in [0.5, 0.6) is 0 Å². The fourth-order valence-electron chi connectivity index (χ4n) is 3.19. The topological polar surface area (TPSA) is 68.8 Å². The molecule has 28 heavy (non-hydrogen) atoms. The number of aliphatic imine (C=N–C) groups is 1. The van der Waals surface area contributed by atoms with Crippen molar-refractivity contribution in [2.45, 2.75) is 38.6 Å². The van der Waals surface area contributed by atoms with Crippen LogP contribution >= 0.6 is 0 Å². The van der Waals surface area contributed by atoms with Crippen molar-refractivity contribution >= 4 is 11.9 Å². The summed E-state index contributed by atoms with van der Waals surface area (Å²) in [4.78, 5) is 18.2. The second-order valence-electron chi connectivity index (χ2n) is 7.03. The van der Waals surface area contributed by atoms with Crippen molar-refractivity contribution in [3.8, 4) is 0 Å². The highest BCUT2D eigenvalue weighted by atomic mass is 19.1. The Labute approximate surface area is 165 Å². The van der Waals surface area contributed by atoms with E-state index in [-0.39, 0.29) is 11.9 Å². The van der Waals surface area contributed by atoms with Crippen LogP contribution in [-0.2, 0) is 11.2 Å². The number of halogens is 2. The van der Waals surface area contributed by atoms with Gasteiger partial charge in [-0.1, -0.05) is 13.0 Å². The number of hydrogen-bond acceptors (Lipinski definition) is 3. The minimum absolute atomic E-state index is 0.0822. The lowest BCUT2D eigenvalue weighted by molar-refractivity contribution is -0.122. The molecule has 2 rings (SSSR count). The van der Waals surface area contributed by atoms with Crippen LogP contribution in [0.4, 0.5) is 8.78 Å². The molecule has 6 nitrogen and oxygen atoms in total. The Bertz CT molecular complexity index is 660. The van der Waals surface area contributed by atoms with Crippen molar-refractivity contribution in [3.63, 3.8) is 0 Å². The van der Waals surface area contributed by atoms with E-state index in [0.717, 1.165) is 45.0 Å². The Hall–Kier alpha value is -2.22. The van der Waals surface area contributed by atoms with Crippen molar-refractivity contribution in [1.29, 1.82) is 0 Å². The highest BCUT2D eigenvalue weighted by molar-refractivity contribution is 5.80. The normalized spacial score (nSPS) is 16.1. The van der Waals surface area contributed by atoms with E-state index in [1.807, 2.05) is 6.92 Å². The van der Waals surface area contributed by atoms with E-state index < -0.39 is 11.6 Å². The second kappa shape index (κ2) is 11.6. The maximum absolute atomic E-state index is 13.7. The van der Waals surface area contributed by atoms with Crippen LogP contribution in [0.2, 0.25) is 0 Å². The number of carbonyl (C=O) groups is 1. The molecule has 0 aliphatic carbocycles. The first-order chi connectivity index (χ1) is 13.5. The Morgan fingerprint density at radius 1 is 1.21 bits per heavy atom. The van der Waals surface area contributed by atoms with E-state index in [2.05, 4.69) is 25.8 Å². The number of likely N-dealkylation sites (tertiary alicyclic amines) is 1.